The average Bonchev–Trinajstić information content (AvgIpc) is 2.95. The quantitative estimate of drug-likeness (QED) is 0.886. The van der Waals surface area contributed by atoms with Gasteiger partial charge in [-0.25, -0.2) is 4.98 Å². The van der Waals surface area contributed by atoms with Crippen LogP contribution in [0, 0.1) is 12.8 Å². The van der Waals surface area contributed by atoms with Crippen molar-refractivity contribution >= 4 is 5.69 Å². The number of anilines is 1. The SMILES string of the molecule is CCC1CCC(Nc2ccccc2-c2n[nH]c(C)n2)CC1. The first-order valence-electron chi connectivity index (χ1n) is 8.01. The molecule has 1 aliphatic carbocycles. The lowest BCUT2D eigenvalue weighted by atomic mass is 9.84. The summed E-state index contributed by atoms with van der Waals surface area (Å²) in [5.41, 5.74) is 2.23. The molecule has 0 atom stereocenters. The number of benzene rings is 1. The Labute approximate surface area is 126 Å². The summed E-state index contributed by atoms with van der Waals surface area (Å²) in [6.07, 6.45) is 6.53. The molecule has 4 nitrogen and oxygen atoms in total. The predicted molar refractivity (Wildman–Crippen MR) is 86.2 cm³/mol. The third-order valence-corrected chi connectivity index (χ3v) is 4.55. The number of nitrogens with one attached hydrogen (secondary N) is 2. The fraction of sp³-hybridized carbons (Fsp3) is 0.529. The van der Waals surface area contributed by atoms with Crippen molar-refractivity contribution in [3.05, 3.63) is 30.1 Å². The Morgan fingerprint density at radius 3 is 2.62 bits per heavy atom. The van der Waals surface area contributed by atoms with E-state index >= 15 is 0 Å². The standard InChI is InChI=1S/C17H24N4/c1-3-13-8-10-14(11-9-13)19-16-7-5-4-6-15(16)17-18-12(2)20-21-17/h4-7,13-14,19H,3,8-11H2,1-2H3,(H,18,20,21). The molecule has 1 aromatic heterocycles. The lowest BCUT2D eigenvalue weighted by molar-refractivity contribution is 0.330. The van der Waals surface area contributed by atoms with Crippen LogP contribution in [-0.2, 0) is 0 Å². The molecule has 0 radical (unpaired) electrons. The van der Waals surface area contributed by atoms with E-state index in [1.54, 1.807) is 0 Å². The van der Waals surface area contributed by atoms with Crippen LogP contribution in [0.3, 0.4) is 0 Å². The summed E-state index contributed by atoms with van der Waals surface area (Å²) in [7, 11) is 0. The molecule has 0 amide bonds. The molecule has 1 aromatic carbocycles. The van der Waals surface area contributed by atoms with Crippen molar-refractivity contribution in [1.29, 1.82) is 0 Å². The Morgan fingerprint density at radius 2 is 1.95 bits per heavy atom. The van der Waals surface area contributed by atoms with Crippen molar-refractivity contribution in [2.45, 2.75) is 52.0 Å². The Kier molecular flexibility index (Phi) is 4.23. The van der Waals surface area contributed by atoms with Gasteiger partial charge in [-0.2, -0.15) is 5.10 Å². The van der Waals surface area contributed by atoms with Gasteiger partial charge in [0.2, 0.25) is 0 Å². The number of nitrogens with zero attached hydrogens (tertiary/aromatic N) is 2. The van der Waals surface area contributed by atoms with Crippen LogP contribution in [0.2, 0.25) is 0 Å². The zero-order valence-electron chi connectivity index (χ0n) is 12.9. The average molecular weight is 284 g/mol. The molecule has 2 aromatic rings. The van der Waals surface area contributed by atoms with Gasteiger partial charge in [-0.05, 0) is 50.7 Å². The first kappa shape index (κ1) is 14.1. The van der Waals surface area contributed by atoms with Crippen LogP contribution in [0.4, 0.5) is 5.69 Å². The summed E-state index contributed by atoms with van der Waals surface area (Å²) in [5.74, 6) is 2.55. The van der Waals surface area contributed by atoms with E-state index in [0.717, 1.165) is 28.8 Å². The van der Waals surface area contributed by atoms with Crippen LogP contribution in [0.1, 0.15) is 44.9 Å². The van der Waals surface area contributed by atoms with Gasteiger partial charge < -0.3 is 5.32 Å². The first-order valence-corrected chi connectivity index (χ1v) is 8.01. The van der Waals surface area contributed by atoms with Crippen molar-refractivity contribution < 1.29 is 0 Å². The third-order valence-electron chi connectivity index (χ3n) is 4.55. The second-order valence-electron chi connectivity index (χ2n) is 6.06. The molecule has 0 bridgehead atoms. The highest BCUT2D eigenvalue weighted by atomic mass is 15.2. The second-order valence-corrected chi connectivity index (χ2v) is 6.06. The maximum atomic E-state index is 4.45. The fourth-order valence-electron chi connectivity index (χ4n) is 3.20. The Hall–Kier alpha value is -1.84. The van der Waals surface area contributed by atoms with Crippen LogP contribution in [-0.4, -0.2) is 21.2 Å². The maximum absolute atomic E-state index is 4.45. The molecular formula is C17H24N4. The molecule has 3 rings (SSSR count). The smallest absolute Gasteiger partial charge is 0.183 e. The van der Waals surface area contributed by atoms with Gasteiger partial charge in [0.25, 0.3) is 0 Å². The van der Waals surface area contributed by atoms with Gasteiger partial charge in [0.1, 0.15) is 5.82 Å². The van der Waals surface area contributed by atoms with Crippen molar-refractivity contribution in [2.75, 3.05) is 5.32 Å². The van der Waals surface area contributed by atoms with Gasteiger partial charge in [0, 0.05) is 17.3 Å². The molecule has 0 unspecified atom stereocenters. The molecule has 1 heterocycles. The van der Waals surface area contributed by atoms with Crippen LogP contribution in [0.15, 0.2) is 24.3 Å². The van der Waals surface area contributed by atoms with Gasteiger partial charge in [-0.15, -0.1) is 0 Å². The fourth-order valence-corrected chi connectivity index (χ4v) is 3.20. The molecular weight excluding hydrogens is 260 g/mol. The summed E-state index contributed by atoms with van der Waals surface area (Å²) < 4.78 is 0. The number of hydrogen-bond donors (Lipinski definition) is 2. The molecule has 21 heavy (non-hydrogen) atoms. The monoisotopic (exact) mass is 284 g/mol. The Morgan fingerprint density at radius 1 is 1.19 bits per heavy atom. The molecule has 2 N–H and O–H groups in total. The van der Waals surface area contributed by atoms with Gasteiger partial charge in [0.15, 0.2) is 5.82 Å². The van der Waals surface area contributed by atoms with E-state index in [2.05, 4.69) is 45.6 Å². The van der Waals surface area contributed by atoms with E-state index < -0.39 is 0 Å². The second kappa shape index (κ2) is 6.29. The van der Waals surface area contributed by atoms with Gasteiger partial charge in [0.05, 0.1) is 0 Å². The van der Waals surface area contributed by atoms with Gasteiger partial charge in [-0.1, -0.05) is 25.5 Å². The molecule has 1 fully saturated rings. The number of rotatable bonds is 4. The van der Waals surface area contributed by atoms with Gasteiger partial charge in [-0.3, -0.25) is 5.10 Å². The van der Waals surface area contributed by atoms with E-state index in [1.165, 1.54) is 32.1 Å². The van der Waals surface area contributed by atoms with Crippen LogP contribution in [0.5, 0.6) is 0 Å². The van der Waals surface area contributed by atoms with Crippen LogP contribution >= 0.6 is 0 Å². The van der Waals surface area contributed by atoms with Crippen LogP contribution in [0.25, 0.3) is 11.4 Å². The van der Waals surface area contributed by atoms with E-state index in [-0.39, 0.29) is 0 Å². The maximum Gasteiger partial charge on any atom is 0.183 e. The number of para-hydroxylation sites is 1. The molecule has 0 aliphatic heterocycles. The molecule has 1 saturated carbocycles. The van der Waals surface area contributed by atoms with E-state index in [0.29, 0.717) is 6.04 Å². The Balaban J connectivity index is 1.74. The minimum atomic E-state index is 0.578. The highest BCUT2D eigenvalue weighted by molar-refractivity contribution is 5.73. The number of aromatic nitrogens is 3. The number of H-pyrrole nitrogens is 1. The summed E-state index contributed by atoms with van der Waals surface area (Å²) in [6.45, 7) is 4.23. The van der Waals surface area contributed by atoms with E-state index in [4.69, 9.17) is 0 Å². The normalized spacial score (nSPS) is 22.2. The topological polar surface area (TPSA) is 53.6 Å². The third kappa shape index (κ3) is 3.26. The summed E-state index contributed by atoms with van der Waals surface area (Å²) in [6, 6.07) is 8.91. The lowest BCUT2D eigenvalue weighted by Crippen LogP contribution is -2.26. The molecule has 4 heteroatoms. The predicted octanol–water partition coefficient (Wildman–Crippen LogP) is 4.16. The number of aryl methyl sites for hydroxylation is 1. The summed E-state index contributed by atoms with van der Waals surface area (Å²) in [4.78, 5) is 4.45. The van der Waals surface area contributed by atoms with E-state index in [9.17, 15) is 0 Å². The number of aromatic amines is 1. The lowest BCUT2D eigenvalue weighted by Gasteiger charge is -2.29. The summed E-state index contributed by atoms with van der Waals surface area (Å²) >= 11 is 0. The molecule has 0 saturated heterocycles. The first-order chi connectivity index (χ1) is 10.3. The number of hydrogen-bond acceptors (Lipinski definition) is 3. The highest BCUT2D eigenvalue weighted by Crippen LogP contribution is 2.31. The van der Waals surface area contributed by atoms with Crippen molar-refractivity contribution in [3.8, 4) is 11.4 Å². The van der Waals surface area contributed by atoms with Crippen molar-refractivity contribution in [1.82, 2.24) is 15.2 Å². The minimum absolute atomic E-state index is 0.578. The van der Waals surface area contributed by atoms with E-state index in [1.807, 2.05) is 13.0 Å². The zero-order valence-corrected chi connectivity index (χ0v) is 12.9. The molecule has 1 aliphatic rings. The largest absolute Gasteiger partial charge is 0.382 e. The minimum Gasteiger partial charge on any atom is -0.382 e. The van der Waals surface area contributed by atoms with Crippen molar-refractivity contribution in [2.24, 2.45) is 5.92 Å². The summed E-state index contributed by atoms with van der Waals surface area (Å²) in [5, 5.41) is 10.9. The molecule has 0 spiro atoms. The Bertz CT molecular complexity index is 582. The van der Waals surface area contributed by atoms with Crippen LogP contribution < -0.4 is 5.32 Å². The van der Waals surface area contributed by atoms with Gasteiger partial charge >= 0.3 is 0 Å². The zero-order chi connectivity index (χ0) is 14.7. The molecule has 112 valence electrons. The van der Waals surface area contributed by atoms with Crippen molar-refractivity contribution in [3.63, 3.8) is 0 Å². The highest BCUT2D eigenvalue weighted by Gasteiger charge is 2.21.